The SMILES string of the molecule is NC(=O)CN1CCN(C(=O)OCC2c3ccccc3-c3ccccc32)CCC1=O. The topological polar surface area (TPSA) is 92.9 Å². The highest BCUT2D eigenvalue weighted by Crippen LogP contribution is 2.44. The summed E-state index contributed by atoms with van der Waals surface area (Å²) in [6.07, 6.45) is -0.294. The van der Waals surface area contributed by atoms with Gasteiger partial charge < -0.3 is 20.3 Å². The number of hydrogen-bond donors (Lipinski definition) is 1. The van der Waals surface area contributed by atoms with Crippen LogP contribution in [0.3, 0.4) is 0 Å². The predicted octanol–water partition coefficient (Wildman–Crippen LogP) is 1.96. The Morgan fingerprint density at radius 1 is 0.966 bits per heavy atom. The van der Waals surface area contributed by atoms with E-state index in [-0.39, 0.29) is 44.5 Å². The highest BCUT2D eigenvalue weighted by atomic mass is 16.6. The number of carbonyl (C=O) groups excluding carboxylic acids is 3. The molecule has 29 heavy (non-hydrogen) atoms. The molecule has 0 saturated carbocycles. The molecule has 4 rings (SSSR count). The van der Waals surface area contributed by atoms with Gasteiger partial charge in [-0.05, 0) is 22.3 Å². The summed E-state index contributed by atoms with van der Waals surface area (Å²) in [6, 6.07) is 16.3. The van der Waals surface area contributed by atoms with Gasteiger partial charge in [-0.3, -0.25) is 9.59 Å². The van der Waals surface area contributed by atoms with Gasteiger partial charge >= 0.3 is 6.09 Å². The van der Waals surface area contributed by atoms with Crippen LogP contribution in [-0.2, 0) is 14.3 Å². The van der Waals surface area contributed by atoms with Crippen molar-refractivity contribution in [3.05, 3.63) is 59.7 Å². The van der Waals surface area contributed by atoms with Gasteiger partial charge in [0.1, 0.15) is 6.61 Å². The van der Waals surface area contributed by atoms with E-state index < -0.39 is 12.0 Å². The van der Waals surface area contributed by atoms with Gasteiger partial charge in [0.15, 0.2) is 0 Å². The minimum absolute atomic E-state index is 0.00804. The monoisotopic (exact) mass is 393 g/mol. The van der Waals surface area contributed by atoms with Crippen molar-refractivity contribution >= 4 is 17.9 Å². The number of fused-ring (bicyclic) bond motifs is 3. The molecule has 2 aliphatic rings. The van der Waals surface area contributed by atoms with Gasteiger partial charge in [-0.15, -0.1) is 0 Å². The first-order chi connectivity index (χ1) is 14.0. The van der Waals surface area contributed by atoms with Crippen molar-refractivity contribution in [2.24, 2.45) is 5.73 Å². The number of amides is 3. The molecule has 7 heteroatoms. The molecule has 3 amide bonds. The fourth-order valence-electron chi connectivity index (χ4n) is 4.09. The zero-order valence-electron chi connectivity index (χ0n) is 16.0. The molecule has 2 aromatic carbocycles. The van der Waals surface area contributed by atoms with Crippen LogP contribution in [0.15, 0.2) is 48.5 Å². The van der Waals surface area contributed by atoms with E-state index >= 15 is 0 Å². The molecule has 1 saturated heterocycles. The summed E-state index contributed by atoms with van der Waals surface area (Å²) >= 11 is 0. The van der Waals surface area contributed by atoms with Crippen molar-refractivity contribution in [3.8, 4) is 11.1 Å². The first kappa shape index (κ1) is 19.0. The van der Waals surface area contributed by atoms with E-state index in [0.29, 0.717) is 6.54 Å². The van der Waals surface area contributed by atoms with Crippen molar-refractivity contribution < 1.29 is 19.1 Å². The molecule has 7 nitrogen and oxygen atoms in total. The Balaban J connectivity index is 1.42. The van der Waals surface area contributed by atoms with E-state index in [4.69, 9.17) is 10.5 Å². The fraction of sp³-hybridized carbons (Fsp3) is 0.318. The van der Waals surface area contributed by atoms with Crippen LogP contribution < -0.4 is 5.73 Å². The maximum absolute atomic E-state index is 12.6. The summed E-state index contributed by atoms with van der Waals surface area (Å²) in [5.74, 6) is -0.753. The number of primary amides is 1. The highest BCUT2D eigenvalue weighted by Gasteiger charge is 2.30. The van der Waals surface area contributed by atoms with Gasteiger partial charge in [-0.25, -0.2) is 4.79 Å². The van der Waals surface area contributed by atoms with E-state index in [1.807, 2.05) is 24.3 Å². The largest absolute Gasteiger partial charge is 0.448 e. The standard InChI is InChI=1S/C22H23N3O4/c23-20(26)13-25-12-11-24(10-9-21(25)27)22(28)29-14-19-17-7-3-1-5-15(17)16-6-2-4-8-18(16)19/h1-8,19H,9-14H2,(H2,23,26). The van der Waals surface area contributed by atoms with Gasteiger partial charge in [0, 0.05) is 32.0 Å². The molecule has 0 atom stereocenters. The van der Waals surface area contributed by atoms with Crippen molar-refractivity contribution in [1.82, 2.24) is 9.80 Å². The number of hydrogen-bond acceptors (Lipinski definition) is 4. The Kier molecular flexibility index (Phi) is 5.20. The number of nitrogens with zero attached hydrogens (tertiary/aromatic N) is 2. The van der Waals surface area contributed by atoms with Crippen molar-refractivity contribution in [3.63, 3.8) is 0 Å². The lowest BCUT2D eigenvalue weighted by atomic mass is 9.98. The third-order valence-corrected chi connectivity index (χ3v) is 5.53. The molecule has 1 fully saturated rings. The minimum atomic E-state index is -0.562. The molecule has 0 bridgehead atoms. The molecule has 1 heterocycles. The zero-order chi connectivity index (χ0) is 20.4. The Bertz CT molecular complexity index is 913. The normalized spacial score (nSPS) is 16.2. The number of rotatable bonds is 4. The highest BCUT2D eigenvalue weighted by molar-refractivity contribution is 5.84. The van der Waals surface area contributed by atoms with Crippen LogP contribution in [0.5, 0.6) is 0 Å². The number of nitrogens with two attached hydrogens (primary N) is 1. The molecule has 2 N–H and O–H groups in total. The van der Waals surface area contributed by atoms with Crippen molar-refractivity contribution in [2.45, 2.75) is 12.3 Å². The fourth-order valence-corrected chi connectivity index (χ4v) is 4.09. The van der Waals surface area contributed by atoms with E-state index in [9.17, 15) is 14.4 Å². The second-order valence-electron chi connectivity index (χ2n) is 7.32. The molecule has 150 valence electrons. The second kappa shape index (κ2) is 7.95. The zero-order valence-corrected chi connectivity index (χ0v) is 16.0. The second-order valence-corrected chi connectivity index (χ2v) is 7.32. The number of benzene rings is 2. The average Bonchev–Trinajstić information content (AvgIpc) is 2.92. The van der Waals surface area contributed by atoms with Gasteiger partial charge in [0.25, 0.3) is 0 Å². The van der Waals surface area contributed by atoms with Crippen LogP contribution >= 0.6 is 0 Å². The summed E-state index contributed by atoms with van der Waals surface area (Å²) in [6.45, 7) is 0.964. The van der Waals surface area contributed by atoms with Gasteiger partial charge in [-0.1, -0.05) is 48.5 Å². The predicted molar refractivity (Wildman–Crippen MR) is 107 cm³/mol. The van der Waals surface area contributed by atoms with Crippen LogP contribution in [0.25, 0.3) is 11.1 Å². The lowest BCUT2D eigenvalue weighted by molar-refractivity contribution is -0.134. The molecule has 2 aromatic rings. The molecule has 0 spiro atoms. The quantitative estimate of drug-likeness (QED) is 0.859. The molecule has 1 aliphatic heterocycles. The summed E-state index contributed by atoms with van der Waals surface area (Å²) in [7, 11) is 0. The van der Waals surface area contributed by atoms with Crippen molar-refractivity contribution in [2.75, 3.05) is 32.8 Å². The first-order valence-electron chi connectivity index (χ1n) is 9.70. The third kappa shape index (κ3) is 3.81. The summed E-state index contributed by atoms with van der Waals surface area (Å²) in [5, 5.41) is 0. The maximum Gasteiger partial charge on any atom is 0.409 e. The smallest absolute Gasteiger partial charge is 0.409 e. The number of ether oxygens (including phenoxy) is 1. The van der Waals surface area contributed by atoms with E-state index in [2.05, 4.69) is 24.3 Å². The van der Waals surface area contributed by atoms with E-state index in [1.165, 1.54) is 20.9 Å². The Morgan fingerprint density at radius 2 is 1.59 bits per heavy atom. The van der Waals surface area contributed by atoms with Gasteiger partial charge in [-0.2, -0.15) is 0 Å². The molecular weight excluding hydrogens is 370 g/mol. The van der Waals surface area contributed by atoms with E-state index in [0.717, 1.165) is 11.1 Å². The third-order valence-electron chi connectivity index (χ3n) is 5.53. The van der Waals surface area contributed by atoms with Crippen LogP contribution in [-0.4, -0.2) is 60.5 Å². The minimum Gasteiger partial charge on any atom is -0.448 e. The lowest BCUT2D eigenvalue weighted by Gasteiger charge is -2.22. The summed E-state index contributed by atoms with van der Waals surface area (Å²) in [5.41, 5.74) is 9.84. The Hall–Kier alpha value is -3.35. The molecule has 0 radical (unpaired) electrons. The first-order valence-corrected chi connectivity index (χ1v) is 9.70. The van der Waals surface area contributed by atoms with Gasteiger partial charge in [0.2, 0.25) is 11.8 Å². The summed E-state index contributed by atoms with van der Waals surface area (Å²) < 4.78 is 5.65. The molecule has 0 aromatic heterocycles. The summed E-state index contributed by atoms with van der Waals surface area (Å²) in [4.78, 5) is 38.8. The molecule has 1 aliphatic carbocycles. The van der Waals surface area contributed by atoms with Crippen LogP contribution in [0.2, 0.25) is 0 Å². The molecule has 0 unspecified atom stereocenters. The molecular formula is C22H23N3O4. The van der Waals surface area contributed by atoms with Crippen LogP contribution in [0.4, 0.5) is 4.79 Å². The van der Waals surface area contributed by atoms with Crippen LogP contribution in [0, 0.1) is 0 Å². The maximum atomic E-state index is 12.6. The Labute approximate surface area is 169 Å². The number of carbonyl (C=O) groups is 3. The average molecular weight is 393 g/mol. The van der Waals surface area contributed by atoms with E-state index in [1.54, 1.807) is 0 Å². The lowest BCUT2D eigenvalue weighted by Crippen LogP contribution is -2.40. The Morgan fingerprint density at radius 3 is 2.21 bits per heavy atom. The van der Waals surface area contributed by atoms with Crippen LogP contribution in [0.1, 0.15) is 23.5 Å². The van der Waals surface area contributed by atoms with Crippen molar-refractivity contribution in [1.29, 1.82) is 0 Å². The van der Waals surface area contributed by atoms with Gasteiger partial charge in [0.05, 0.1) is 6.54 Å².